The molecule has 0 spiro atoms. The minimum absolute atomic E-state index is 0. The second-order valence-electron chi connectivity index (χ2n) is 5.59. The van der Waals surface area contributed by atoms with E-state index in [0.29, 0.717) is 42.7 Å². The number of benzene rings is 1. The van der Waals surface area contributed by atoms with E-state index in [1.807, 2.05) is 6.07 Å². The molecule has 6 heteroatoms. The highest BCUT2D eigenvalue weighted by atomic mass is 35.5. The molecule has 0 radical (unpaired) electrons. The zero-order valence-electron chi connectivity index (χ0n) is 13.9. The summed E-state index contributed by atoms with van der Waals surface area (Å²) in [6, 6.07) is 5.38. The summed E-state index contributed by atoms with van der Waals surface area (Å²) in [7, 11) is 0. The lowest BCUT2D eigenvalue weighted by atomic mass is 10.0. The fraction of sp³-hybridized carbons (Fsp3) is 0.588. The summed E-state index contributed by atoms with van der Waals surface area (Å²) in [4.78, 5) is 12.2. The third-order valence-electron chi connectivity index (χ3n) is 3.55. The quantitative estimate of drug-likeness (QED) is 0.724. The van der Waals surface area contributed by atoms with Crippen LogP contribution in [0.25, 0.3) is 0 Å². The van der Waals surface area contributed by atoms with E-state index in [1.165, 1.54) is 0 Å². The van der Waals surface area contributed by atoms with Crippen LogP contribution in [-0.4, -0.2) is 38.8 Å². The molecule has 0 unspecified atom stereocenters. The van der Waals surface area contributed by atoms with E-state index in [0.717, 1.165) is 25.9 Å². The number of hydrogen-bond acceptors (Lipinski definition) is 4. The Bertz CT molecular complexity index is 493. The molecule has 1 aromatic carbocycles. The summed E-state index contributed by atoms with van der Waals surface area (Å²) in [5, 5.41) is 6.17. The zero-order valence-corrected chi connectivity index (χ0v) is 14.7. The van der Waals surface area contributed by atoms with Gasteiger partial charge in [0.1, 0.15) is 0 Å². The van der Waals surface area contributed by atoms with Crippen LogP contribution in [0.3, 0.4) is 0 Å². The van der Waals surface area contributed by atoms with E-state index in [2.05, 4.69) is 24.5 Å². The van der Waals surface area contributed by atoms with Crippen molar-refractivity contribution >= 4 is 18.3 Å². The molecule has 130 valence electrons. The maximum Gasteiger partial charge on any atom is 0.251 e. The van der Waals surface area contributed by atoms with E-state index in [-0.39, 0.29) is 18.3 Å². The zero-order chi connectivity index (χ0) is 15.8. The second-order valence-corrected chi connectivity index (χ2v) is 5.59. The molecule has 1 saturated heterocycles. The standard InChI is InChI=1S/C17H26N2O3.ClH/c1-3-7-21-15-6-5-14(9-16(15)22-8-4-2)17(20)19-12-13-10-18-11-13;/h5-6,9,13,18H,3-4,7-8,10-12H2,1-2H3,(H,19,20);1H. The van der Waals surface area contributed by atoms with Gasteiger partial charge >= 0.3 is 0 Å². The number of nitrogens with one attached hydrogen (secondary N) is 2. The third-order valence-corrected chi connectivity index (χ3v) is 3.55. The number of halogens is 1. The van der Waals surface area contributed by atoms with Crippen LogP contribution in [0.15, 0.2) is 18.2 Å². The molecule has 2 rings (SSSR count). The normalized spacial score (nSPS) is 13.7. The van der Waals surface area contributed by atoms with Gasteiger partial charge in [0.15, 0.2) is 11.5 Å². The first-order valence-corrected chi connectivity index (χ1v) is 8.13. The minimum atomic E-state index is -0.0599. The average molecular weight is 343 g/mol. The SMILES string of the molecule is CCCOc1ccc(C(=O)NCC2CNC2)cc1OCCC.Cl. The van der Waals surface area contributed by atoms with Gasteiger partial charge in [0.2, 0.25) is 0 Å². The topological polar surface area (TPSA) is 59.6 Å². The van der Waals surface area contributed by atoms with Gasteiger partial charge in [-0.15, -0.1) is 12.4 Å². The second kappa shape index (κ2) is 10.3. The van der Waals surface area contributed by atoms with Crippen molar-refractivity contribution in [1.29, 1.82) is 0 Å². The average Bonchev–Trinajstić information content (AvgIpc) is 2.49. The van der Waals surface area contributed by atoms with Crippen LogP contribution in [0.4, 0.5) is 0 Å². The molecule has 1 aromatic rings. The van der Waals surface area contributed by atoms with E-state index in [4.69, 9.17) is 9.47 Å². The summed E-state index contributed by atoms with van der Waals surface area (Å²) < 4.78 is 11.4. The van der Waals surface area contributed by atoms with Crippen LogP contribution in [0.1, 0.15) is 37.0 Å². The van der Waals surface area contributed by atoms with Crippen molar-refractivity contribution in [2.24, 2.45) is 5.92 Å². The van der Waals surface area contributed by atoms with Gasteiger partial charge in [-0.3, -0.25) is 4.79 Å². The first kappa shape index (κ1) is 19.6. The summed E-state index contributed by atoms with van der Waals surface area (Å²) in [6.45, 7) is 8.04. The number of rotatable bonds is 9. The molecule has 0 atom stereocenters. The molecule has 0 bridgehead atoms. The van der Waals surface area contributed by atoms with Crippen LogP contribution in [0, 0.1) is 5.92 Å². The predicted molar refractivity (Wildman–Crippen MR) is 94.0 cm³/mol. The molecule has 23 heavy (non-hydrogen) atoms. The smallest absolute Gasteiger partial charge is 0.251 e. The lowest BCUT2D eigenvalue weighted by Crippen LogP contribution is -2.48. The van der Waals surface area contributed by atoms with Gasteiger partial charge in [-0.2, -0.15) is 0 Å². The molecule has 5 nitrogen and oxygen atoms in total. The first-order chi connectivity index (χ1) is 10.7. The highest BCUT2D eigenvalue weighted by Gasteiger charge is 2.18. The van der Waals surface area contributed by atoms with Gasteiger partial charge in [-0.05, 0) is 31.0 Å². The monoisotopic (exact) mass is 342 g/mol. The third kappa shape index (κ3) is 5.92. The fourth-order valence-electron chi connectivity index (χ4n) is 2.14. The van der Waals surface area contributed by atoms with Crippen LogP contribution in [0.2, 0.25) is 0 Å². The van der Waals surface area contributed by atoms with Crippen LogP contribution >= 0.6 is 12.4 Å². The Labute approximate surface area is 144 Å². The van der Waals surface area contributed by atoms with Crippen molar-refractivity contribution in [2.45, 2.75) is 26.7 Å². The van der Waals surface area contributed by atoms with E-state index >= 15 is 0 Å². The Morgan fingerprint density at radius 2 is 1.83 bits per heavy atom. The number of carbonyl (C=O) groups excluding carboxylic acids is 1. The Kier molecular flexibility index (Phi) is 8.81. The molecule has 0 aliphatic carbocycles. The van der Waals surface area contributed by atoms with Gasteiger partial charge in [0.05, 0.1) is 13.2 Å². The molecule has 1 aliphatic rings. The highest BCUT2D eigenvalue weighted by molar-refractivity contribution is 5.94. The molecule has 0 aromatic heterocycles. The van der Waals surface area contributed by atoms with Crippen LogP contribution < -0.4 is 20.1 Å². The van der Waals surface area contributed by atoms with E-state index in [9.17, 15) is 4.79 Å². The van der Waals surface area contributed by atoms with Gasteiger partial charge in [0, 0.05) is 31.1 Å². The Hall–Kier alpha value is -1.46. The molecule has 0 saturated carbocycles. The van der Waals surface area contributed by atoms with E-state index < -0.39 is 0 Å². The first-order valence-electron chi connectivity index (χ1n) is 8.13. The van der Waals surface area contributed by atoms with Crippen LogP contribution in [-0.2, 0) is 0 Å². The van der Waals surface area contributed by atoms with Gasteiger partial charge < -0.3 is 20.1 Å². The number of amides is 1. The van der Waals surface area contributed by atoms with Crippen molar-refractivity contribution in [1.82, 2.24) is 10.6 Å². The fourth-order valence-corrected chi connectivity index (χ4v) is 2.14. The minimum Gasteiger partial charge on any atom is -0.490 e. The highest BCUT2D eigenvalue weighted by Crippen LogP contribution is 2.29. The molecule has 2 N–H and O–H groups in total. The number of carbonyl (C=O) groups is 1. The van der Waals surface area contributed by atoms with Gasteiger partial charge in [-0.1, -0.05) is 13.8 Å². The predicted octanol–water partition coefficient (Wildman–Crippen LogP) is 2.64. The molecular weight excluding hydrogens is 316 g/mol. The summed E-state index contributed by atoms with van der Waals surface area (Å²) >= 11 is 0. The Morgan fingerprint density at radius 3 is 2.39 bits per heavy atom. The summed E-state index contributed by atoms with van der Waals surface area (Å²) in [5.74, 6) is 1.84. The maximum absolute atomic E-state index is 12.2. The Balaban J connectivity index is 0.00000264. The molecule has 1 heterocycles. The van der Waals surface area contributed by atoms with Crippen molar-refractivity contribution in [3.8, 4) is 11.5 Å². The summed E-state index contributed by atoms with van der Waals surface area (Å²) in [6.07, 6.45) is 1.85. The molecular formula is C17H27ClN2O3. The molecule has 1 amide bonds. The molecule has 1 fully saturated rings. The molecule has 1 aliphatic heterocycles. The van der Waals surface area contributed by atoms with Crippen molar-refractivity contribution in [3.63, 3.8) is 0 Å². The van der Waals surface area contributed by atoms with Gasteiger partial charge in [-0.25, -0.2) is 0 Å². The van der Waals surface area contributed by atoms with Crippen molar-refractivity contribution in [2.75, 3.05) is 32.8 Å². The summed E-state index contributed by atoms with van der Waals surface area (Å²) in [5.41, 5.74) is 0.613. The lowest BCUT2D eigenvalue weighted by molar-refractivity contribution is 0.0941. The largest absolute Gasteiger partial charge is 0.490 e. The Morgan fingerprint density at radius 1 is 1.17 bits per heavy atom. The lowest BCUT2D eigenvalue weighted by Gasteiger charge is -2.27. The van der Waals surface area contributed by atoms with Gasteiger partial charge in [0.25, 0.3) is 5.91 Å². The number of ether oxygens (including phenoxy) is 2. The number of hydrogen-bond donors (Lipinski definition) is 2. The van der Waals surface area contributed by atoms with Crippen molar-refractivity contribution < 1.29 is 14.3 Å². The van der Waals surface area contributed by atoms with Crippen LogP contribution in [0.5, 0.6) is 11.5 Å². The van der Waals surface area contributed by atoms with E-state index in [1.54, 1.807) is 12.1 Å². The maximum atomic E-state index is 12.2. The van der Waals surface area contributed by atoms with Crippen molar-refractivity contribution in [3.05, 3.63) is 23.8 Å².